The average Bonchev–Trinajstić information content (AvgIpc) is 2.04. The summed E-state index contributed by atoms with van der Waals surface area (Å²) in [7, 11) is 0. The first kappa shape index (κ1) is 10.1. The van der Waals surface area contributed by atoms with E-state index in [-0.39, 0.29) is 5.56 Å². The first-order valence-electron chi connectivity index (χ1n) is 3.78. The van der Waals surface area contributed by atoms with Crippen LogP contribution in [-0.4, -0.2) is 5.11 Å². The summed E-state index contributed by atoms with van der Waals surface area (Å²) in [6, 6.07) is 3.19. The van der Waals surface area contributed by atoms with Crippen molar-refractivity contribution in [2.75, 3.05) is 0 Å². The van der Waals surface area contributed by atoms with Crippen LogP contribution in [0.4, 0.5) is 13.2 Å². The molecule has 4 heteroatoms. The largest absolute Gasteiger partial charge is 0.389 e. The molecule has 1 nitrogen and oxygen atoms in total. The normalized spacial score (nSPS) is 13.4. The molecule has 0 amide bonds. The van der Waals surface area contributed by atoms with Gasteiger partial charge in [-0.05, 0) is 24.6 Å². The highest BCUT2D eigenvalue weighted by molar-refractivity contribution is 5.27. The van der Waals surface area contributed by atoms with Crippen molar-refractivity contribution in [3.8, 4) is 0 Å². The lowest BCUT2D eigenvalue weighted by atomic mass is 10.1. The van der Waals surface area contributed by atoms with Crippen LogP contribution in [-0.2, 0) is 0 Å². The monoisotopic (exact) mass is 190 g/mol. The summed E-state index contributed by atoms with van der Waals surface area (Å²) in [5.41, 5.74) is -0.380. The molecule has 0 aliphatic heterocycles. The molecule has 72 valence electrons. The smallest absolute Gasteiger partial charge is 0.266 e. The highest BCUT2D eigenvalue weighted by Crippen LogP contribution is 2.25. The molecular formula is C9H9F3O. The van der Waals surface area contributed by atoms with Gasteiger partial charge in [0, 0.05) is 0 Å². The molecule has 0 fully saturated rings. The van der Waals surface area contributed by atoms with Gasteiger partial charge in [0.1, 0.15) is 5.82 Å². The van der Waals surface area contributed by atoms with Crippen molar-refractivity contribution in [1.29, 1.82) is 0 Å². The van der Waals surface area contributed by atoms with E-state index in [2.05, 4.69) is 0 Å². The first-order valence-corrected chi connectivity index (χ1v) is 3.78. The summed E-state index contributed by atoms with van der Waals surface area (Å²) in [5.74, 6) is -0.945. The van der Waals surface area contributed by atoms with E-state index in [0.29, 0.717) is 0 Å². The molecule has 0 spiro atoms. The van der Waals surface area contributed by atoms with E-state index in [4.69, 9.17) is 5.11 Å². The molecule has 0 aliphatic rings. The SMILES string of the molecule is CC(O)c1ccc(F)c(C(F)F)c1. The number of aliphatic hydroxyl groups excluding tert-OH is 1. The highest BCUT2D eigenvalue weighted by Gasteiger charge is 2.14. The van der Waals surface area contributed by atoms with Crippen molar-refractivity contribution in [3.63, 3.8) is 0 Å². The van der Waals surface area contributed by atoms with E-state index >= 15 is 0 Å². The third kappa shape index (κ3) is 2.21. The third-order valence-electron chi connectivity index (χ3n) is 1.74. The molecule has 0 radical (unpaired) electrons. The Hall–Kier alpha value is -1.03. The van der Waals surface area contributed by atoms with Gasteiger partial charge < -0.3 is 5.11 Å². The lowest BCUT2D eigenvalue weighted by Gasteiger charge is -2.07. The molecule has 1 unspecified atom stereocenters. The van der Waals surface area contributed by atoms with Crippen LogP contribution < -0.4 is 0 Å². The Balaban J connectivity index is 3.11. The van der Waals surface area contributed by atoms with Crippen LogP contribution in [0.3, 0.4) is 0 Å². The molecule has 0 bridgehead atoms. The van der Waals surface area contributed by atoms with E-state index < -0.39 is 23.9 Å². The van der Waals surface area contributed by atoms with E-state index in [9.17, 15) is 13.2 Å². The van der Waals surface area contributed by atoms with Crippen LogP contribution in [0.1, 0.15) is 30.6 Å². The fourth-order valence-corrected chi connectivity index (χ4v) is 0.989. The number of hydrogen-bond acceptors (Lipinski definition) is 1. The minimum atomic E-state index is -2.85. The Morgan fingerprint density at radius 3 is 2.38 bits per heavy atom. The van der Waals surface area contributed by atoms with Crippen LogP contribution in [0.15, 0.2) is 18.2 Å². The Morgan fingerprint density at radius 1 is 1.31 bits per heavy atom. The zero-order chi connectivity index (χ0) is 10.0. The molecule has 0 saturated carbocycles. The molecule has 13 heavy (non-hydrogen) atoms. The van der Waals surface area contributed by atoms with Gasteiger partial charge in [-0.2, -0.15) is 0 Å². The summed E-state index contributed by atoms with van der Waals surface area (Å²) in [6.07, 6.45) is -3.71. The molecule has 0 aliphatic carbocycles. The van der Waals surface area contributed by atoms with Crippen LogP contribution in [0, 0.1) is 5.82 Å². The lowest BCUT2D eigenvalue weighted by Crippen LogP contribution is -1.96. The van der Waals surface area contributed by atoms with Gasteiger partial charge >= 0.3 is 0 Å². The third-order valence-corrected chi connectivity index (χ3v) is 1.74. The zero-order valence-corrected chi connectivity index (χ0v) is 6.97. The quantitative estimate of drug-likeness (QED) is 0.760. The van der Waals surface area contributed by atoms with Crippen molar-refractivity contribution in [3.05, 3.63) is 35.1 Å². The molecule has 1 atom stereocenters. The van der Waals surface area contributed by atoms with E-state index in [1.807, 2.05) is 0 Å². The minimum Gasteiger partial charge on any atom is -0.389 e. The topological polar surface area (TPSA) is 20.2 Å². The molecule has 0 heterocycles. The maximum Gasteiger partial charge on any atom is 0.266 e. The Morgan fingerprint density at radius 2 is 1.92 bits per heavy atom. The number of aliphatic hydroxyl groups is 1. The standard InChI is InChI=1S/C9H9F3O/c1-5(13)6-2-3-8(10)7(4-6)9(11)12/h2-5,9,13H,1H3. The maximum absolute atomic E-state index is 12.7. The fourth-order valence-electron chi connectivity index (χ4n) is 0.989. The van der Waals surface area contributed by atoms with Gasteiger partial charge in [0.15, 0.2) is 0 Å². The molecule has 1 rings (SSSR count). The fraction of sp³-hybridized carbons (Fsp3) is 0.333. The average molecular weight is 190 g/mol. The van der Waals surface area contributed by atoms with Crippen molar-refractivity contribution >= 4 is 0 Å². The molecular weight excluding hydrogens is 181 g/mol. The maximum atomic E-state index is 12.7. The summed E-state index contributed by atoms with van der Waals surface area (Å²) >= 11 is 0. The molecule has 0 aromatic heterocycles. The van der Waals surface area contributed by atoms with Crippen LogP contribution in [0.2, 0.25) is 0 Å². The predicted molar refractivity (Wildman–Crippen MR) is 42.0 cm³/mol. The van der Waals surface area contributed by atoms with Gasteiger partial charge in [0.05, 0.1) is 11.7 Å². The predicted octanol–water partition coefficient (Wildman–Crippen LogP) is 2.82. The van der Waals surface area contributed by atoms with Gasteiger partial charge in [-0.3, -0.25) is 0 Å². The highest BCUT2D eigenvalue weighted by atomic mass is 19.3. The van der Waals surface area contributed by atoms with Gasteiger partial charge in [-0.25, -0.2) is 13.2 Å². The second kappa shape index (κ2) is 3.79. The van der Waals surface area contributed by atoms with E-state index in [0.717, 1.165) is 12.1 Å². The second-order valence-corrected chi connectivity index (χ2v) is 2.76. The van der Waals surface area contributed by atoms with Crippen molar-refractivity contribution in [1.82, 2.24) is 0 Å². The number of alkyl halides is 2. The number of benzene rings is 1. The van der Waals surface area contributed by atoms with Crippen LogP contribution in [0.25, 0.3) is 0 Å². The van der Waals surface area contributed by atoms with Gasteiger partial charge in [-0.1, -0.05) is 6.07 Å². The van der Waals surface area contributed by atoms with Gasteiger partial charge in [0.2, 0.25) is 0 Å². The van der Waals surface area contributed by atoms with Gasteiger partial charge in [-0.15, -0.1) is 0 Å². The van der Waals surface area contributed by atoms with Crippen LogP contribution >= 0.6 is 0 Å². The van der Waals surface area contributed by atoms with Crippen molar-refractivity contribution < 1.29 is 18.3 Å². The molecule has 1 aromatic rings. The lowest BCUT2D eigenvalue weighted by molar-refractivity contribution is 0.145. The Bertz CT molecular complexity index is 297. The van der Waals surface area contributed by atoms with E-state index in [1.54, 1.807) is 0 Å². The summed E-state index contributed by atoms with van der Waals surface area (Å²) < 4.78 is 37.0. The molecule has 0 saturated heterocycles. The Kier molecular flexibility index (Phi) is 2.93. The molecule has 1 aromatic carbocycles. The summed E-state index contributed by atoms with van der Waals surface area (Å²) in [4.78, 5) is 0. The summed E-state index contributed by atoms with van der Waals surface area (Å²) in [5, 5.41) is 9.05. The van der Waals surface area contributed by atoms with Crippen LogP contribution in [0.5, 0.6) is 0 Å². The van der Waals surface area contributed by atoms with E-state index in [1.165, 1.54) is 13.0 Å². The summed E-state index contributed by atoms with van der Waals surface area (Å²) in [6.45, 7) is 1.43. The second-order valence-electron chi connectivity index (χ2n) is 2.76. The first-order chi connectivity index (χ1) is 6.02. The number of hydrogen-bond donors (Lipinski definition) is 1. The molecule has 1 N–H and O–H groups in total. The minimum absolute atomic E-state index is 0.289. The number of rotatable bonds is 2. The zero-order valence-electron chi connectivity index (χ0n) is 6.97. The number of halogens is 3. The van der Waals surface area contributed by atoms with Gasteiger partial charge in [0.25, 0.3) is 6.43 Å². The van der Waals surface area contributed by atoms with Crippen molar-refractivity contribution in [2.24, 2.45) is 0 Å². The van der Waals surface area contributed by atoms with Crippen molar-refractivity contribution in [2.45, 2.75) is 19.5 Å². The Labute approximate surface area is 73.8 Å².